The molecule has 1 heterocycles. The predicted molar refractivity (Wildman–Crippen MR) is 127 cm³/mol. The van der Waals surface area contributed by atoms with Gasteiger partial charge in [-0.1, -0.05) is 78.4 Å². The summed E-state index contributed by atoms with van der Waals surface area (Å²) in [6.07, 6.45) is 0. The lowest BCUT2D eigenvalue weighted by atomic mass is 10.2. The van der Waals surface area contributed by atoms with Crippen LogP contribution in [0.4, 0.5) is 5.69 Å². The predicted octanol–water partition coefficient (Wildman–Crippen LogP) is 6.67. The summed E-state index contributed by atoms with van der Waals surface area (Å²) >= 11 is 0. The number of hydrogen-bond acceptors (Lipinski definition) is 4. The minimum absolute atomic E-state index is 0.570. The van der Waals surface area contributed by atoms with Crippen molar-refractivity contribution in [2.75, 3.05) is 5.73 Å². The molecule has 0 atom stereocenters. The van der Waals surface area contributed by atoms with Crippen LogP contribution < -0.4 is 10.5 Å². The Hall–Kier alpha value is -4.18. The zero-order chi connectivity index (χ0) is 21.5. The molecule has 0 spiro atoms. The van der Waals surface area contributed by atoms with Crippen molar-refractivity contribution < 1.29 is 4.74 Å². The highest BCUT2D eigenvalue weighted by atomic mass is 16.5. The van der Waals surface area contributed by atoms with Crippen molar-refractivity contribution in [2.45, 2.75) is 6.92 Å². The fourth-order valence-electron chi connectivity index (χ4n) is 3.01. The zero-order valence-electron chi connectivity index (χ0n) is 17.3. The Morgan fingerprint density at radius 3 is 1.94 bits per heavy atom. The standard InChI is InChI=1S/C20H14N2O.C7H9N/c1-3-9-15(10-4-1)19-21-18-14-8-7-13-17(18)20(22-19)23-16-11-5-2-6-12-16;1-6-2-4-7(8)5-3-6/h1-14H;2-5H,8H2,1H3. The maximum Gasteiger partial charge on any atom is 0.230 e. The van der Waals surface area contributed by atoms with E-state index in [1.807, 2.05) is 116 Å². The van der Waals surface area contributed by atoms with Crippen LogP contribution >= 0.6 is 0 Å². The second-order valence-corrected chi connectivity index (χ2v) is 7.06. The highest BCUT2D eigenvalue weighted by Gasteiger charge is 2.10. The molecule has 0 amide bonds. The van der Waals surface area contributed by atoms with Gasteiger partial charge in [0.05, 0.1) is 10.9 Å². The fraction of sp³-hybridized carbons (Fsp3) is 0.0370. The number of aryl methyl sites for hydroxylation is 1. The number of benzene rings is 4. The van der Waals surface area contributed by atoms with Crippen LogP contribution in [0.1, 0.15) is 5.56 Å². The lowest BCUT2D eigenvalue weighted by molar-refractivity contribution is 0.469. The molecule has 0 bridgehead atoms. The summed E-state index contributed by atoms with van der Waals surface area (Å²) in [7, 11) is 0. The molecule has 0 unspecified atom stereocenters. The third kappa shape index (κ3) is 5.25. The molecule has 0 fully saturated rings. The molecule has 5 rings (SSSR count). The van der Waals surface area contributed by atoms with Crippen molar-refractivity contribution >= 4 is 16.6 Å². The quantitative estimate of drug-likeness (QED) is 0.341. The Morgan fingerprint density at radius 2 is 1.26 bits per heavy atom. The minimum atomic E-state index is 0.570. The summed E-state index contributed by atoms with van der Waals surface area (Å²) in [5.41, 5.74) is 9.34. The third-order valence-electron chi connectivity index (χ3n) is 4.64. The van der Waals surface area contributed by atoms with Gasteiger partial charge in [-0.25, -0.2) is 4.98 Å². The average molecular weight is 406 g/mol. The van der Waals surface area contributed by atoms with Gasteiger partial charge >= 0.3 is 0 Å². The largest absolute Gasteiger partial charge is 0.438 e. The molecule has 0 aliphatic carbocycles. The summed E-state index contributed by atoms with van der Waals surface area (Å²) in [5.74, 6) is 1.99. The van der Waals surface area contributed by atoms with E-state index in [2.05, 4.69) is 9.97 Å². The van der Waals surface area contributed by atoms with Crippen LogP contribution in [0.3, 0.4) is 0 Å². The molecule has 0 radical (unpaired) electrons. The van der Waals surface area contributed by atoms with Crippen LogP contribution in [0, 0.1) is 6.92 Å². The van der Waals surface area contributed by atoms with Gasteiger partial charge in [-0.3, -0.25) is 0 Å². The molecule has 1 aromatic heterocycles. The van der Waals surface area contributed by atoms with Gasteiger partial charge in [0.15, 0.2) is 5.82 Å². The van der Waals surface area contributed by atoms with Crippen LogP contribution in [0.5, 0.6) is 11.6 Å². The molecule has 5 aromatic rings. The summed E-state index contributed by atoms with van der Waals surface area (Å²) in [6.45, 7) is 2.04. The van der Waals surface area contributed by atoms with E-state index in [0.29, 0.717) is 11.7 Å². The highest BCUT2D eigenvalue weighted by molar-refractivity contribution is 5.85. The molecule has 0 aliphatic heterocycles. The van der Waals surface area contributed by atoms with E-state index in [9.17, 15) is 0 Å². The molecular formula is C27H23N3O. The van der Waals surface area contributed by atoms with Crippen molar-refractivity contribution in [1.82, 2.24) is 9.97 Å². The maximum absolute atomic E-state index is 6.00. The van der Waals surface area contributed by atoms with E-state index in [-0.39, 0.29) is 0 Å². The normalized spacial score (nSPS) is 10.2. The molecule has 152 valence electrons. The Labute approximate surface area is 182 Å². The van der Waals surface area contributed by atoms with E-state index in [1.165, 1.54) is 5.56 Å². The Bertz CT molecular complexity index is 1230. The van der Waals surface area contributed by atoms with Crippen LogP contribution in [-0.4, -0.2) is 9.97 Å². The number of nitrogen functional groups attached to an aromatic ring is 1. The second-order valence-electron chi connectivity index (χ2n) is 7.06. The molecule has 0 saturated heterocycles. The lowest BCUT2D eigenvalue weighted by Crippen LogP contribution is -1.95. The molecule has 0 aliphatic rings. The molecule has 2 N–H and O–H groups in total. The molecule has 31 heavy (non-hydrogen) atoms. The van der Waals surface area contributed by atoms with Crippen molar-refractivity contribution in [3.8, 4) is 23.0 Å². The van der Waals surface area contributed by atoms with Crippen LogP contribution in [-0.2, 0) is 0 Å². The van der Waals surface area contributed by atoms with Gasteiger partial charge in [0.2, 0.25) is 5.88 Å². The molecule has 4 aromatic carbocycles. The number of rotatable bonds is 3. The Morgan fingerprint density at radius 1 is 0.645 bits per heavy atom. The van der Waals surface area contributed by atoms with Gasteiger partial charge < -0.3 is 10.5 Å². The number of aromatic nitrogens is 2. The van der Waals surface area contributed by atoms with Crippen LogP contribution in [0.2, 0.25) is 0 Å². The van der Waals surface area contributed by atoms with Gasteiger partial charge in [0.25, 0.3) is 0 Å². The summed E-state index contributed by atoms with van der Waals surface area (Å²) in [4.78, 5) is 9.29. The first-order valence-electron chi connectivity index (χ1n) is 10.1. The minimum Gasteiger partial charge on any atom is -0.438 e. The molecular weight excluding hydrogens is 382 g/mol. The van der Waals surface area contributed by atoms with Gasteiger partial charge in [0.1, 0.15) is 5.75 Å². The Balaban J connectivity index is 0.000000245. The SMILES string of the molecule is Cc1ccc(N)cc1.c1ccc(Oc2nc(-c3ccccc3)nc3ccccc23)cc1. The second kappa shape index (κ2) is 9.55. The number of anilines is 1. The number of para-hydroxylation sites is 2. The van der Waals surface area contributed by atoms with Gasteiger partial charge in [-0.15, -0.1) is 0 Å². The topological polar surface area (TPSA) is 61.0 Å². The summed E-state index contributed by atoms with van der Waals surface area (Å²) < 4.78 is 6.00. The summed E-state index contributed by atoms with van der Waals surface area (Å²) in [6, 6.07) is 35.3. The van der Waals surface area contributed by atoms with E-state index in [1.54, 1.807) is 0 Å². The lowest BCUT2D eigenvalue weighted by Gasteiger charge is -2.10. The van der Waals surface area contributed by atoms with Gasteiger partial charge in [0, 0.05) is 11.3 Å². The number of nitrogens with zero attached hydrogens (tertiary/aromatic N) is 2. The van der Waals surface area contributed by atoms with Crippen molar-refractivity contribution in [2.24, 2.45) is 0 Å². The maximum atomic E-state index is 6.00. The van der Waals surface area contributed by atoms with E-state index >= 15 is 0 Å². The smallest absolute Gasteiger partial charge is 0.230 e. The Kier molecular flexibility index (Phi) is 6.19. The molecule has 4 nitrogen and oxygen atoms in total. The first kappa shape index (κ1) is 20.1. The van der Waals surface area contributed by atoms with Crippen LogP contribution in [0.25, 0.3) is 22.3 Å². The van der Waals surface area contributed by atoms with E-state index < -0.39 is 0 Å². The van der Waals surface area contributed by atoms with Crippen molar-refractivity contribution in [3.63, 3.8) is 0 Å². The monoisotopic (exact) mass is 405 g/mol. The molecule has 4 heteroatoms. The number of hydrogen-bond donors (Lipinski definition) is 1. The van der Waals surface area contributed by atoms with Crippen molar-refractivity contribution in [3.05, 3.63) is 115 Å². The summed E-state index contributed by atoms with van der Waals surface area (Å²) in [5, 5.41) is 0.899. The zero-order valence-corrected chi connectivity index (χ0v) is 17.3. The van der Waals surface area contributed by atoms with E-state index in [0.717, 1.165) is 27.9 Å². The first-order chi connectivity index (χ1) is 15.2. The number of nitrogens with two attached hydrogens (primary N) is 1. The van der Waals surface area contributed by atoms with Gasteiger partial charge in [-0.2, -0.15) is 4.98 Å². The fourth-order valence-corrected chi connectivity index (χ4v) is 3.01. The van der Waals surface area contributed by atoms with Crippen molar-refractivity contribution in [1.29, 1.82) is 0 Å². The van der Waals surface area contributed by atoms with E-state index in [4.69, 9.17) is 10.5 Å². The number of ether oxygens (including phenoxy) is 1. The highest BCUT2D eigenvalue weighted by Crippen LogP contribution is 2.29. The first-order valence-corrected chi connectivity index (χ1v) is 10.1. The number of fused-ring (bicyclic) bond motifs is 1. The average Bonchev–Trinajstić information content (AvgIpc) is 2.82. The third-order valence-corrected chi connectivity index (χ3v) is 4.64. The van der Waals surface area contributed by atoms with Gasteiger partial charge in [-0.05, 0) is 43.3 Å². The van der Waals surface area contributed by atoms with Crippen LogP contribution in [0.15, 0.2) is 109 Å². The molecule has 0 saturated carbocycles.